The molecule has 0 saturated carbocycles. The van der Waals surface area contributed by atoms with Crippen LogP contribution < -0.4 is 15.5 Å². The van der Waals surface area contributed by atoms with E-state index < -0.39 is 5.25 Å². The number of para-hydroxylation sites is 1. The minimum absolute atomic E-state index is 0.114. The van der Waals surface area contributed by atoms with E-state index in [2.05, 4.69) is 27.9 Å². The fourth-order valence-corrected chi connectivity index (χ4v) is 4.83. The lowest BCUT2D eigenvalue weighted by Crippen LogP contribution is -2.41. The molecule has 0 fully saturated rings. The number of anilines is 1. The molecule has 1 amide bonds. The molecule has 1 aliphatic rings. The van der Waals surface area contributed by atoms with Crippen LogP contribution in [0.1, 0.15) is 29.9 Å². The molecule has 156 valence electrons. The van der Waals surface area contributed by atoms with E-state index in [9.17, 15) is 4.79 Å². The molecule has 30 heavy (non-hydrogen) atoms. The number of halogens is 1. The molecular formula is C21H22ClN5O2S. The van der Waals surface area contributed by atoms with Crippen molar-refractivity contribution in [3.63, 3.8) is 0 Å². The van der Waals surface area contributed by atoms with Crippen molar-refractivity contribution in [2.24, 2.45) is 0 Å². The topological polar surface area (TPSA) is 81.1 Å². The summed E-state index contributed by atoms with van der Waals surface area (Å²) in [5, 5.41) is 12.1. The van der Waals surface area contributed by atoms with Crippen molar-refractivity contribution < 1.29 is 9.53 Å². The van der Waals surface area contributed by atoms with Gasteiger partial charge in [-0.2, -0.15) is 0 Å². The summed E-state index contributed by atoms with van der Waals surface area (Å²) in [6.07, 6.45) is 0.831. The highest BCUT2D eigenvalue weighted by Crippen LogP contribution is 2.39. The van der Waals surface area contributed by atoms with Crippen LogP contribution in [0.2, 0.25) is 5.02 Å². The highest BCUT2D eigenvalue weighted by atomic mass is 35.5. The van der Waals surface area contributed by atoms with E-state index in [0.29, 0.717) is 15.9 Å². The second kappa shape index (κ2) is 8.57. The Bertz CT molecular complexity index is 1090. The predicted molar refractivity (Wildman–Crippen MR) is 119 cm³/mol. The van der Waals surface area contributed by atoms with Crippen molar-refractivity contribution >= 4 is 35.0 Å². The van der Waals surface area contributed by atoms with E-state index in [0.717, 1.165) is 29.1 Å². The van der Waals surface area contributed by atoms with E-state index in [1.54, 1.807) is 17.9 Å². The summed E-state index contributed by atoms with van der Waals surface area (Å²) in [5.41, 5.74) is 6.16. The molecule has 0 unspecified atom stereocenters. The molecule has 1 aromatic heterocycles. The van der Waals surface area contributed by atoms with Gasteiger partial charge in [0.15, 0.2) is 0 Å². The molecule has 0 saturated heterocycles. The molecule has 4 rings (SSSR count). The largest absolute Gasteiger partial charge is 0.495 e. The van der Waals surface area contributed by atoms with Crippen LogP contribution >= 0.6 is 23.4 Å². The summed E-state index contributed by atoms with van der Waals surface area (Å²) < 4.78 is 7.07. The van der Waals surface area contributed by atoms with Crippen molar-refractivity contribution in [1.29, 1.82) is 0 Å². The van der Waals surface area contributed by atoms with Crippen LogP contribution in [0, 0.1) is 6.92 Å². The van der Waals surface area contributed by atoms with Gasteiger partial charge in [-0.05, 0) is 42.7 Å². The van der Waals surface area contributed by atoms with Crippen molar-refractivity contribution in [2.75, 3.05) is 17.9 Å². The van der Waals surface area contributed by atoms with Crippen LogP contribution in [0.15, 0.2) is 47.6 Å². The Balaban J connectivity index is 1.69. The summed E-state index contributed by atoms with van der Waals surface area (Å²) in [4.78, 5) is 13.4. The Kier molecular flexibility index (Phi) is 5.87. The SMILES string of the molecule is CCc1ccccc1NC(=O)[C@@H]1Sc2nnc(C)n2N[C@@H]1c1ccc(OC)c(Cl)c1. The molecular weight excluding hydrogens is 422 g/mol. The van der Waals surface area contributed by atoms with Gasteiger partial charge in [0.25, 0.3) is 0 Å². The van der Waals surface area contributed by atoms with Gasteiger partial charge in [0.2, 0.25) is 11.1 Å². The molecule has 0 spiro atoms. The summed E-state index contributed by atoms with van der Waals surface area (Å²) in [6, 6.07) is 13.0. The Morgan fingerprint density at radius 2 is 2.10 bits per heavy atom. The van der Waals surface area contributed by atoms with Crippen LogP contribution in [-0.2, 0) is 11.2 Å². The normalized spacial score (nSPS) is 17.7. The van der Waals surface area contributed by atoms with Crippen LogP contribution in [0.3, 0.4) is 0 Å². The minimum atomic E-state index is -0.476. The van der Waals surface area contributed by atoms with Crippen LogP contribution in [0.25, 0.3) is 0 Å². The first kappa shape index (κ1) is 20.6. The molecule has 2 N–H and O–H groups in total. The van der Waals surface area contributed by atoms with E-state index in [4.69, 9.17) is 16.3 Å². The van der Waals surface area contributed by atoms with Crippen LogP contribution in [-0.4, -0.2) is 33.1 Å². The van der Waals surface area contributed by atoms with Gasteiger partial charge in [-0.25, -0.2) is 4.68 Å². The zero-order valence-electron chi connectivity index (χ0n) is 16.8. The van der Waals surface area contributed by atoms with Gasteiger partial charge < -0.3 is 15.5 Å². The zero-order valence-corrected chi connectivity index (χ0v) is 18.4. The minimum Gasteiger partial charge on any atom is -0.495 e. The van der Waals surface area contributed by atoms with Gasteiger partial charge >= 0.3 is 0 Å². The number of aryl methyl sites for hydroxylation is 2. The van der Waals surface area contributed by atoms with Gasteiger partial charge in [-0.15, -0.1) is 10.2 Å². The van der Waals surface area contributed by atoms with Crippen LogP contribution in [0.5, 0.6) is 5.75 Å². The molecule has 2 atom stereocenters. The molecule has 1 aliphatic heterocycles. The molecule has 9 heteroatoms. The summed E-state index contributed by atoms with van der Waals surface area (Å²) >= 11 is 7.74. The highest BCUT2D eigenvalue weighted by molar-refractivity contribution is 8.00. The highest BCUT2D eigenvalue weighted by Gasteiger charge is 2.37. The first-order valence-electron chi connectivity index (χ1n) is 9.59. The fraction of sp³-hybridized carbons (Fsp3) is 0.286. The number of benzene rings is 2. The number of nitrogens with zero attached hydrogens (tertiary/aromatic N) is 3. The molecule has 0 bridgehead atoms. The number of nitrogens with one attached hydrogen (secondary N) is 2. The number of amides is 1. The quantitative estimate of drug-likeness (QED) is 0.614. The van der Waals surface area contributed by atoms with Crippen LogP contribution in [0.4, 0.5) is 5.69 Å². The number of carbonyl (C=O) groups excluding carboxylic acids is 1. The van der Waals surface area contributed by atoms with Crippen molar-refractivity contribution in [3.05, 3.63) is 64.4 Å². The number of methoxy groups -OCH3 is 1. The maximum Gasteiger partial charge on any atom is 0.240 e. The lowest BCUT2D eigenvalue weighted by Gasteiger charge is -2.33. The molecule has 3 aromatic rings. The average Bonchev–Trinajstić information content (AvgIpc) is 3.13. The van der Waals surface area contributed by atoms with E-state index in [1.807, 2.05) is 43.3 Å². The summed E-state index contributed by atoms with van der Waals surface area (Å²) in [5.74, 6) is 1.19. The third kappa shape index (κ3) is 3.85. The molecule has 0 aliphatic carbocycles. The zero-order chi connectivity index (χ0) is 21.3. The van der Waals surface area contributed by atoms with E-state index >= 15 is 0 Å². The van der Waals surface area contributed by atoms with Gasteiger partial charge in [0.1, 0.15) is 16.8 Å². The number of aromatic nitrogens is 3. The van der Waals surface area contributed by atoms with Gasteiger partial charge in [-0.3, -0.25) is 4.79 Å². The molecule has 2 aromatic carbocycles. The van der Waals surface area contributed by atoms with E-state index in [-0.39, 0.29) is 11.9 Å². The van der Waals surface area contributed by atoms with Gasteiger partial charge in [0, 0.05) is 5.69 Å². The summed E-state index contributed by atoms with van der Waals surface area (Å²) in [7, 11) is 1.57. The fourth-order valence-electron chi connectivity index (χ4n) is 3.44. The Morgan fingerprint density at radius 3 is 2.83 bits per heavy atom. The lowest BCUT2D eigenvalue weighted by molar-refractivity contribution is -0.116. The van der Waals surface area contributed by atoms with Gasteiger partial charge in [-0.1, -0.05) is 54.6 Å². The maximum absolute atomic E-state index is 13.4. The number of hydrogen-bond acceptors (Lipinski definition) is 6. The third-order valence-electron chi connectivity index (χ3n) is 5.05. The van der Waals surface area contributed by atoms with Crippen molar-refractivity contribution in [2.45, 2.75) is 36.7 Å². The number of ether oxygens (including phenoxy) is 1. The Hall–Kier alpha value is -2.71. The smallest absolute Gasteiger partial charge is 0.240 e. The number of fused-ring (bicyclic) bond motifs is 1. The standard InChI is InChI=1S/C21H22ClN5O2S/c1-4-13-7-5-6-8-16(13)23-20(28)19-18(14-9-10-17(29-3)15(22)11-14)26-27-12(2)24-25-21(27)30-19/h5-11,18-19,26H,4H2,1-3H3,(H,23,28)/t18-,19-/m1/s1. The Labute approximate surface area is 184 Å². The van der Waals surface area contributed by atoms with Gasteiger partial charge in [0.05, 0.1) is 18.2 Å². The molecule has 2 heterocycles. The van der Waals surface area contributed by atoms with Crippen molar-refractivity contribution in [3.8, 4) is 5.75 Å². The third-order valence-corrected chi connectivity index (χ3v) is 6.56. The lowest BCUT2D eigenvalue weighted by atomic mass is 10.0. The first-order chi connectivity index (χ1) is 14.5. The number of hydrogen-bond donors (Lipinski definition) is 2. The second-order valence-electron chi connectivity index (χ2n) is 6.90. The first-order valence-corrected chi connectivity index (χ1v) is 10.8. The molecule has 0 radical (unpaired) electrons. The van der Waals surface area contributed by atoms with E-state index in [1.165, 1.54) is 11.8 Å². The summed E-state index contributed by atoms with van der Waals surface area (Å²) in [6.45, 7) is 3.93. The predicted octanol–water partition coefficient (Wildman–Crippen LogP) is 4.21. The number of carbonyl (C=O) groups is 1. The number of rotatable bonds is 5. The maximum atomic E-state index is 13.4. The molecule has 7 nitrogen and oxygen atoms in total. The monoisotopic (exact) mass is 443 g/mol. The second-order valence-corrected chi connectivity index (χ2v) is 8.42. The van der Waals surface area contributed by atoms with Crippen molar-refractivity contribution in [1.82, 2.24) is 14.9 Å². The Morgan fingerprint density at radius 1 is 1.30 bits per heavy atom. The average molecular weight is 444 g/mol. The number of thioether (sulfide) groups is 1.